The zero-order chi connectivity index (χ0) is 14.5. The topological polar surface area (TPSA) is 43.6 Å². The van der Waals surface area contributed by atoms with E-state index in [4.69, 9.17) is 13.9 Å². The first kappa shape index (κ1) is 14.2. The van der Waals surface area contributed by atoms with Gasteiger partial charge in [0.1, 0.15) is 18.1 Å². The Hall–Kier alpha value is -1.78. The molecule has 1 aromatic heterocycles. The van der Waals surface area contributed by atoms with Gasteiger partial charge in [-0.15, -0.1) is 0 Å². The summed E-state index contributed by atoms with van der Waals surface area (Å²) in [6.07, 6.45) is 4.32. The second kappa shape index (κ2) is 6.78. The third-order valence-corrected chi connectivity index (χ3v) is 3.66. The highest BCUT2D eigenvalue weighted by Crippen LogP contribution is 2.21. The standard InChI is InChI=1S/C17H21NO3/c1-19-16-6-2-13(3-7-16)11-20-12-17-14(8-9-21-17)10-18-15-4-5-15/h2-3,6-9,15,18H,4-5,10-12H2,1H3. The summed E-state index contributed by atoms with van der Waals surface area (Å²) in [5.74, 6) is 1.77. The van der Waals surface area contributed by atoms with Crippen molar-refractivity contribution in [1.82, 2.24) is 5.32 Å². The molecule has 0 spiro atoms. The predicted octanol–water partition coefficient (Wildman–Crippen LogP) is 3.26. The first-order valence-corrected chi connectivity index (χ1v) is 7.34. The molecule has 112 valence electrons. The molecule has 1 aromatic carbocycles. The van der Waals surface area contributed by atoms with Gasteiger partial charge in [-0.05, 0) is 36.6 Å². The molecule has 0 saturated heterocycles. The molecule has 1 aliphatic carbocycles. The molecule has 0 aliphatic heterocycles. The highest BCUT2D eigenvalue weighted by molar-refractivity contribution is 5.26. The van der Waals surface area contributed by atoms with E-state index in [0.717, 1.165) is 23.6 Å². The van der Waals surface area contributed by atoms with Crippen molar-refractivity contribution in [2.45, 2.75) is 38.6 Å². The maximum absolute atomic E-state index is 5.74. The molecule has 0 atom stereocenters. The van der Waals surface area contributed by atoms with Gasteiger partial charge in [0, 0.05) is 18.2 Å². The van der Waals surface area contributed by atoms with Crippen molar-refractivity contribution < 1.29 is 13.9 Å². The molecule has 4 nitrogen and oxygen atoms in total. The van der Waals surface area contributed by atoms with Crippen molar-refractivity contribution in [3.05, 3.63) is 53.5 Å². The molecule has 0 unspecified atom stereocenters. The number of hydrogen-bond acceptors (Lipinski definition) is 4. The molecule has 0 amide bonds. The van der Waals surface area contributed by atoms with Gasteiger partial charge >= 0.3 is 0 Å². The number of furan rings is 1. The summed E-state index contributed by atoms with van der Waals surface area (Å²) < 4.78 is 16.4. The van der Waals surface area contributed by atoms with E-state index in [1.54, 1.807) is 13.4 Å². The zero-order valence-electron chi connectivity index (χ0n) is 12.3. The van der Waals surface area contributed by atoms with E-state index in [0.29, 0.717) is 19.3 Å². The Bertz CT molecular complexity index is 558. The summed E-state index contributed by atoms with van der Waals surface area (Å²) in [6, 6.07) is 10.6. The van der Waals surface area contributed by atoms with Crippen LogP contribution in [0, 0.1) is 0 Å². The smallest absolute Gasteiger partial charge is 0.133 e. The van der Waals surface area contributed by atoms with E-state index >= 15 is 0 Å². The Labute approximate surface area is 125 Å². The van der Waals surface area contributed by atoms with Crippen molar-refractivity contribution >= 4 is 0 Å². The molecule has 1 saturated carbocycles. The highest BCUT2D eigenvalue weighted by Gasteiger charge is 2.20. The minimum Gasteiger partial charge on any atom is -0.497 e. The Morgan fingerprint density at radius 2 is 1.95 bits per heavy atom. The second-order valence-corrected chi connectivity index (χ2v) is 5.37. The maximum Gasteiger partial charge on any atom is 0.133 e. The van der Waals surface area contributed by atoms with Gasteiger partial charge < -0.3 is 19.2 Å². The van der Waals surface area contributed by atoms with Crippen LogP contribution in [0.1, 0.15) is 29.7 Å². The van der Waals surface area contributed by atoms with Gasteiger partial charge in [0.15, 0.2) is 0 Å². The van der Waals surface area contributed by atoms with Crippen molar-refractivity contribution in [3.8, 4) is 5.75 Å². The van der Waals surface area contributed by atoms with Gasteiger partial charge in [-0.3, -0.25) is 0 Å². The highest BCUT2D eigenvalue weighted by atomic mass is 16.5. The Balaban J connectivity index is 1.46. The fourth-order valence-corrected chi connectivity index (χ4v) is 2.18. The normalized spacial score (nSPS) is 14.3. The minimum atomic E-state index is 0.501. The minimum absolute atomic E-state index is 0.501. The first-order valence-electron chi connectivity index (χ1n) is 7.34. The molecule has 1 heterocycles. The van der Waals surface area contributed by atoms with Gasteiger partial charge in [-0.2, -0.15) is 0 Å². The van der Waals surface area contributed by atoms with E-state index in [9.17, 15) is 0 Å². The van der Waals surface area contributed by atoms with Crippen LogP contribution in [0.5, 0.6) is 5.75 Å². The van der Waals surface area contributed by atoms with E-state index in [1.165, 1.54) is 18.4 Å². The molecule has 1 N–H and O–H groups in total. The van der Waals surface area contributed by atoms with Crippen LogP contribution < -0.4 is 10.1 Å². The number of hydrogen-bond donors (Lipinski definition) is 1. The van der Waals surface area contributed by atoms with Crippen LogP contribution in [0.15, 0.2) is 41.0 Å². The Morgan fingerprint density at radius 3 is 2.67 bits per heavy atom. The summed E-state index contributed by atoms with van der Waals surface area (Å²) in [5.41, 5.74) is 2.32. The number of ether oxygens (including phenoxy) is 2. The van der Waals surface area contributed by atoms with Crippen LogP contribution in [0.2, 0.25) is 0 Å². The molecule has 21 heavy (non-hydrogen) atoms. The Kier molecular flexibility index (Phi) is 4.58. The maximum atomic E-state index is 5.74. The van der Waals surface area contributed by atoms with Crippen LogP contribution in [0.25, 0.3) is 0 Å². The quantitative estimate of drug-likeness (QED) is 0.809. The molecule has 3 rings (SSSR count). The SMILES string of the molecule is COc1ccc(COCc2occc2CNC2CC2)cc1. The molecular weight excluding hydrogens is 266 g/mol. The van der Waals surface area contributed by atoms with Crippen molar-refractivity contribution in [1.29, 1.82) is 0 Å². The molecular formula is C17H21NO3. The molecule has 1 fully saturated rings. The number of rotatable bonds is 8. The van der Waals surface area contributed by atoms with Gasteiger partial charge in [-0.1, -0.05) is 12.1 Å². The number of nitrogens with one attached hydrogen (secondary N) is 1. The number of methoxy groups -OCH3 is 1. The molecule has 2 aromatic rings. The fourth-order valence-electron chi connectivity index (χ4n) is 2.18. The monoisotopic (exact) mass is 287 g/mol. The van der Waals surface area contributed by atoms with Crippen molar-refractivity contribution in [2.75, 3.05) is 7.11 Å². The lowest BCUT2D eigenvalue weighted by Gasteiger charge is -2.06. The fraction of sp³-hybridized carbons (Fsp3) is 0.412. The number of benzene rings is 1. The third-order valence-electron chi connectivity index (χ3n) is 3.66. The lowest BCUT2D eigenvalue weighted by molar-refractivity contribution is 0.0921. The largest absolute Gasteiger partial charge is 0.497 e. The zero-order valence-corrected chi connectivity index (χ0v) is 12.3. The van der Waals surface area contributed by atoms with Gasteiger partial charge in [0.25, 0.3) is 0 Å². The average Bonchev–Trinajstić information content (AvgIpc) is 3.25. The van der Waals surface area contributed by atoms with Gasteiger partial charge in [-0.25, -0.2) is 0 Å². The van der Waals surface area contributed by atoms with Crippen molar-refractivity contribution in [2.24, 2.45) is 0 Å². The summed E-state index contributed by atoms with van der Waals surface area (Å²) in [7, 11) is 1.67. The molecule has 4 heteroatoms. The molecule has 1 aliphatic rings. The Morgan fingerprint density at radius 1 is 1.14 bits per heavy atom. The van der Waals surface area contributed by atoms with Crippen LogP contribution in [-0.2, 0) is 24.5 Å². The predicted molar refractivity (Wildman–Crippen MR) is 80.1 cm³/mol. The van der Waals surface area contributed by atoms with E-state index in [1.807, 2.05) is 30.3 Å². The van der Waals surface area contributed by atoms with E-state index in [-0.39, 0.29) is 0 Å². The molecule has 0 radical (unpaired) electrons. The van der Waals surface area contributed by atoms with Crippen LogP contribution in [0.4, 0.5) is 0 Å². The average molecular weight is 287 g/mol. The third kappa shape index (κ3) is 4.09. The van der Waals surface area contributed by atoms with Gasteiger partial charge in [0.2, 0.25) is 0 Å². The van der Waals surface area contributed by atoms with Gasteiger partial charge in [0.05, 0.1) is 20.0 Å². The van der Waals surface area contributed by atoms with E-state index < -0.39 is 0 Å². The summed E-state index contributed by atoms with van der Waals surface area (Å²) in [5, 5.41) is 3.49. The van der Waals surface area contributed by atoms with Crippen LogP contribution in [-0.4, -0.2) is 13.2 Å². The second-order valence-electron chi connectivity index (χ2n) is 5.37. The lowest BCUT2D eigenvalue weighted by atomic mass is 10.2. The van der Waals surface area contributed by atoms with Crippen molar-refractivity contribution in [3.63, 3.8) is 0 Å². The molecule has 0 bridgehead atoms. The summed E-state index contributed by atoms with van der Waals surface area (Å²) in [4.78, 5) is 0. The van der Waals surface area contributed by atoms with Crippen LogP contribution >= 0.6 is 0 Å². The first-order chi connectivity index (χ1) is 10.3. The van der Waals surface area contributed by atoms with Crippen LogP contribution in [0.3, 0.4) is 0 Å². The lowest BCUT2D eigenvalue weighted by Crippen LogP contribution is -2.15. The van der Waals surface area contributed by atoms with E-state index in [2.05, 4.69) is 5.32 Å². The summed E-state index contributed by atoms with van der Waals surface area (Å²) >= 11 is 0. The summed E-state index contributed by atoms with van der Waals surface area (Å²) in [6.45, 7) is 1.93.